The maximum Gasteiger partial charge on any atom is 0.252 e. The Bertz CT molecular complexity index is 3680. The molecule has 2 aliphatic heterocycles. The molecule has 0 N–H and O–H groups in total. The van der Waals surface area contributed by atoms with Crippen LogP contribution in [-0.2, 0) is 0 Å². The minimum atomic E-state index is -0.124. The molecule has 0 radical (unpaired) electrons. The Kier molecular flexibility index (Phi) is 11.0. The maximum absolute atomic E-state index is 2.57. The molecule has 0 atom stereocenters. The summed E-state index contributed by atoms with van der Waals surface area (Å²) in [7, 11) is 0. The zero-order chi connectivity index (χ0) is 49.7. The second-order valence-corrected chi connectivity index (χ2v) is 19.7. The predicted octanol–water partition coefficient (Wildman–Crippen LogP) is 17.4. The van der Waals surface area contributed by atoms with Gasteiger partial charge < -0.3 is 9.80 Å². The van der Waals surface area contributed by atoms with E-state index >= 15 is 0 Å². The molecule has 12 aromatic rings. The molecule has 2 heterocycles. The van der Waals surface area contributed by atoms with Gasteiger partial charge in [0.1, 0.15) is 0 Å². The fourth-order valence-corrected chi connectivity index (χ4v) is 11.6. The van der Waals surface area contributed by atoms with Gasteiger partial charge in [0.25, 0.3) is 6.71 Å². The highest BCUT2D eigenvalue weighted by Gasteiger charge is 2.44. The van der Waals surface area contributed by atoms with Crippen molar-refractivity contribution < 1.29 is 0 Å². The van der Waals surface area contributed by atoms with Crippen LogP contribution in [0.2, 0.25) is 0 Å². The number of benzene rings is 12. The van der Waals surface area contributed by atoms with Gasteiger partial charge in [-0.2, -0.15) is 0 Å². The predicted molar refractivity (Wildman–Crippen MR) is 319 cm³/mol. The second-order valence-electron chi connectivity index (χ2n) is 19.7. The van der Waals surface area contributed by atoms with Crippen molar-refractivity contribution in [2.24, 2.45) is 0 Å². The van der Waals surface area contributed by atoms with E-state index in [0.29, 0.717) is 0 Å². The smallest absolute Gasteiger partial charge is 0.252 e. The van der Waals surface area contributed by atoms with Gasteiger partial charge >= 0.3 is 0 Å². The first-order valence-electron chi connectivity index (χ1n) is 25.9. The van der Waals surface area contributed by atoms with Crippen LogP contribution in [0.4, 0.5) is 34.1 Å². The van der Waals surface area contributed by atoms with Crippen molar-refractivity contribution in [1.29, 1.82) is 0 Å². The van der Waals surface area contributed by atoms with E-state index in [9.17, 15) is 0 Å². The molecule has 14 rings (SSSR count). The molecular weight excluding hydrogens is 904 g/mol. The summed E-state index contributed by atoms with van der Waals surface area (Å²) in [6.45, 7) is -0.124. The lowest BCUT2D eigenvalue weighted by atomic mass is 9.33. The second kappa shape index (κ2) is 18.7. The van der Waals surface area contributed by atoms with Gasteiger partial charge in [-0.1, -0.05) is 237 Å². The highest BCUT2D eigenvalue weighted by Crippen LogP contribution is 2.49. The first-order chi connectivity index (χ1) is 37.2. The molecule has 2 nitrogen and oxygen atoms in total. The summed E-state index contributed by atoms with van der Waals surface area (Å²) in [5.41, 5.74) is 27.0. The Morgan fingerprint density at radius 2 is 0.440 bits per heavy atom. The normalized spacial score (nSPS) is 12.2. The summed E-state index contributed by atoms with van der Waals surface area (Å²) in [5, 5.41) is 0. The van der Waals surface area contributed by atoms with Crippen molar-refractivity contribution in [3.63, 3.8) is 0 Å². The van der Waals surface area contributed by atoms with Gasteiger partial charge in [-0.05, 0) is 155 Å². The quantitative estimate of drug-likeness (QED) is 0.133. The van der Waals surface area contributed by atoms with Gasteiger partial charge in [-0.15, -0.1) is 0 Å². The highest BCUT2D eigenvalue weighted by atomic mass is 15.2. The highest BCUT2D eigenvalue weighted by molar-refractivity contribution is 7.00. The third-order valence-corrected chi connectivity index (χ3v) is 15.2. The molecule has 0 bridgehead atoms. The average Bonchev–Trinajstić information content (AvgIpc) is 3.51. The summed E-state index contributed by atoms with van der Waals surface area (Å²) in [4.78, 5) is 5.15. The standard InChI is InChI=1S/C72H49BN2/c1-8-22-50(23-9-1)57-36-38-68-66(46-57)73-67-47-58(51-24-10-2-11-25-51)37-39-69(67)75(65-44-61(54-30-16-5-17-31-54)41-62(45-65)55-32-18-6-19-33-55)71-49-63(56-34-20-7-21-35-56)48-70(72(71)73)74(68)64-42-59(52-26-12-3-13-27-52)40-60(43-64)53-28-14-4-15-29-53/h1-49H. The minimum Gasteiger partial charge on any atom is -0.311 e. The van der Waals surface area contributed by atoms with E-state index in [-0.39, 0.29) is 6.71 Å². The third-order valence-electron chi connectivity index (χ3n) is 15.2. The van der Waals surface area contributed by atoms with E-state index in [1.54, 1.807) is 0 Å². The van der Waals surface area contributed by atoms with Crippen molar-refractivity contribution in [3.05, 3.63) is 297 Å². The largest absolute Gasteiger partial charge is 0.311 e. The van der Waals surface area contributed by atoms with Crippen molar-refractivity contribution in [1.82, 2.24) is 0 Å². The number of nitrogens with zero attached hydrogens (tertiary/aromatic N) is 2. The van der Waals surface area contributed by atoms with Crippen LogP contribution in [0.5, 0.6) is 0 Å². The summed E-state index contributed by atoms with van der Waals surface area (Å²) in [6, 6.07) is 110. The Balaban J connectivity index is 1.11. The summed E-state index contributed by atoms with van der Waals surface area (Å²) < 4.78 is 0. The topological polar surface area (TPSA) is 6.48 Å². The third kappa shape index (κ3) is 8.03. The Morgan fingerprint density at radius 1 is 0.187 bits per heavy atom. The van der Waals surface area contributed by atoms with Crippen molar-refractivity contribution in [3.8, 4) is 77.9 Å². The number of fused-ring (bicyclic) bond motifs is 4. The molecule has 0 aromatic heterocycles. The van der Waals surface area contributed by atoms with E-state index in [0.717, 1.165) is 67.5 Å². The number of hydrogen-bond acceptors (Lipinski definition) is 2. The zero-order valence-corrected chi connectivity index (χ0v) is 41.3. The minimum absolute atomic E-state index is 0.124. The van der Waals surface area contributed by atoms with Gasteiger partial charge in [0.2, 0.25) is 0 Å². The van der Waals surface area contributed by atoms with Crippen LogP contribution in [0.25, 0.3) is 77.9 Å². The average molecular weight is 953 g/mol. The number of anilines is 6. The van der Waals surface area contributed by atoms with Crippen LogP contribution < -0.4 is 26.2 Å². The molecule has 0 saturated carbocycles. The fraction of sp³-hybridized carbons (Fsp3) is 0. The molecule has 350 valence electrons. The van der Waals surface area contributed by atoms with Crippen LogP contribution in [0.3, 0.4) is 0 Å². The molecule has 3 heteroatoms. The fourth-order valence-electron chi connectivity index (χ4n) is 11.6. The van der Waals surface area contributed by atoms with E-state index < -0.39 is 0 Å². The first kappa shape index (κ1) is 44.0. The lowest BCUT2D eigenvalue weighted by Crippen LogP contribution is -2.61. The van der Waals surface area contributed by atoms with E-state index in [1.807, 2.05) is 0 Å². The molecule has 0 amide bonds. The Morgan fingerprint density at radius 3 is 0.720 bits per heavy atom. The molecule has 0 saturated heterocycles. The van der Waals surface area contributed by atoms with E-state index in [2.05, 4.69) is 307 Å². The molecule has 0 unspecified atom stereocenters. The first-order valence-corrected chi connectivity index (χ1v) is 25.9. The van der Waals surface area contributed by atoms with Crippen LogP contribution >= 0.6 is 0 Å². The summed E-state index contributed by atoms with van der Waals surface area (Å²) in [5.74, 6) is 0. The zero-order valence-electron chi connectivity index (χ0n) is 41.3. The molecule has 0 fully saturated rings. The summed E-state index contributed by atoms with van der Waals surface area (Å²) >= 11 is 0. The van der Waals surface area contributed by atoms with Crippen LogP contribution in [0.1, 0.15) is 0 Å². The molecule has 0 spiro atoms. The monoisotopic (exact) mass is 952 g/mol. The van der Waals surface area contributed by atoms with Gasteiger partial charge in [-0.3, -0.25) is 0 Å². The van der Waals surface area contributed by atoms with Crippen molar-refractivity contribution >= 4 is 57.2 Å². The van der Waals surface area contributed by atoms with Crippen molar-refractivity contribution in [2.75, 3.05) is 9.80 Å². The van der Waals surface area contributed by atoms with Gasteiger partial charge in [0, 0.05) is 34.1 Å². The van der Waals surface area contributed by atoms with E-state index in [1.165, 1.54) is 60.9 Å². The maximum atomic E-state index is 2.57. The molecule has 75 heavy (non-hydrogen) atoms. The number of hydrogen-bond donors (Lipinski definition) is 0. The van der Waals surface area contributed by atoms with Crippen LogP contribution in [0.15, 0.2) is 297 Å². The molecule has 2 aliphatic rings. The van der Waals surface area contributed by atoms with Crippen molar-refractivity contribution in [2.45, 2.75) is 0 Å². The van der Waals surface area contributed by atoms with Gasteiger partial charge in [0.15, 0.2) is 0 Å². The lowest BCUT2D eigenvalue weighted by Gasteiger charge is -2.45. The SMILES string of the molecule is c1ccc(-c2cc(-c3ccccc3)cc(N3c4ccc(-c5ccccc5)cc4B4c5cc(-c6ccccc6)ccc5N(c5cc(-c6ccccc6)cc(-c6ccccc6)c5)c5cc(-c6ccccc6)cc3c54)c2)cc1. The van der Waals surface area contributed by atoms with Gasteiger partial charge in [0.05, 0.1) is 0 Å². The van der Waals surface area contributed by atoms with Crippen LogP contribution in [0, 0.1) is 0 Å². The molecule has 12 aromatic carbocycles. The van der Waals surface area contributed by atoms with E-state index in [4.69, 9.17) is 0 Å². The van der Waals surface area contributed by atoms with Crippen LogP contribution in [-0.4, -0.2) is 6.71 Å². The Hall–Kier alpha value is -9.70. The Labute approximate surface area is 439 Å². The lowest BCUT2D eigenvalue weighted by molar-refractivity contribution is 1.25. The van der Waals surface area contributed by atoms with Gasteiger partial charge in [-0.25, -0.2) is 0 Å². The molecular formula is C72H49BN2. The number of rotatable bonds is 9. The summed E-state index contributed by atoms with van der Waals surface area (Å²) in [6.07, 6.45) is 0. The molecule has 0 aliphatic carbocycles.